The van der Waals surface area contributed by atoms with Crippen LogP contribution in [-0.2, 0) is 14.3 Å². The number of benzene rings is 2. The fourth-order valence-electron chi connectivity index (χ4n) is 4.41. The molecule has 2 aliphatic heterocycles. The molecule has 4 aromatic rings. The largest absolute Gasteiger partial charge is 1.00 e. The molecule has 0 spiro atoms. The van der Waals surface area contributed by atoms with Crippen LogP contribution in [0.3, 0.4) is 0 Å². The van der Waals surface area contributed by atoms with Crippen molar-refractivity contribution in [2.45, 2.75) is 0 Å². The van der Waals surface area contributed by atoms with Crippen molar-refractivity contribution in [1.29, 1.82) is 0 Å². The molecule has 0 unspecified atom stereocenters. The third-order valence-corrected chi connectivity index (χ3v) is 6.91. The predicted molar refractivity (Wildman–Crippen MR) is 173 cm³/mol. The summed E-state index contributed by atoms with van der Waals surface area (Å²) >= 11 is 0. The zero-order valence-electron chi connectivity index (χ0n) is 27.0. The van der Waals surface area contributed by atoms with Gasteiger partial charge >= 0.3 is 35.6 Å². The van der Waals surface area contributed by atoms with Crippen molar-refractivity contribution in [3.05, 3.63) is 110 Å². The zero-order valence-corrected chi connectivity index (χ0v) is 29.0. The summed E-state index contributed by atoms with van der Waals surface area (Å²) in [4.78, 5) is 67.6. The molecule has 6 rings (SSSR count). The SMILES string of the molecule is COCCN1C(=O)CN(/N=C/c2ccc(-c3ccc([N+](=O)[O-])cc3)o2)C1=O.O=C1CN(/N=C/c2ccc(-c3ccc([N+](=O)[O-])cc3)o2)C(=O)[N-]1.[Na+]. The van der Waals surface area contributed by atoms with Crippen LogP contribution in [0.1, 0.15) is 11.5 Å². The molecule has 4 heterocycles. The zero-order chi connectivity index (χ0) is 35.8. The maximum atomic E-state index is 12.1. The Labute approximate surface area is 309 Å². The molecule has 0 aliphatic carbocycles. The molecule has 0 radical (unpaired) electrons. The van der Waals surface area contributed by atoms with Crippen molar-refractivity contribution in [3.8, 4) is 22.6 Å². The fraction of sp³-hybridized carbons (Fsp3) is 0.161. The average Bonchev–Trinajstić information content (AvgIpc) is 3.90. The predicted octanol–water partition coefficient (Wildman–Crippen LogP) is 1.63. The molecular weight excluding hydrogens is 683 g/mol. The maximum absolute atomic E-state index is 12.1. The molecule has 0 bridgehead atoms. The number of nitro groups is 2. The normalized spacial score (nSPS) is 14.3. The molecule has 20 heteroatoms. The van der Waals surface area contributed by atoms with Crippen LogP contribution < -0.4 is 29.6 Å². The summed E-state index contributed by atoms with van der Waals surface area (Å²) in [5.74, 6) is 0.842. The number of non-ortho nitro benzene ring substituents is 2. The number of rotatable bonds is 11. The first-order chi connectivity index (χ1) is 24.0. The van der Waals surface area contributed by atoms with Gasteiger partial charge in [-0.2, -0.15) is 5.10 Å². The molecule has 6 amide bonds. The van der Waals surface area contributed by atoms with E-state index < -0.39 is 27.8 Å². The van der Waals surface area contributed by atoms with Crippen molar-refractivity contribution in [2.24, 2.45) is 10.2 Å². The fourth-order valence-corrected chi connectivity index (χ4v) is 4.41. The molecule has 2 saturated heterocycles. The van der Waals surface area contributed by atoms with Crippen LogP contribution in [0.5, 0.6) is 0 Å². The van der Waals surface area contributed by atoms with Gasteiger partial charge < -0.3 is 23.9 Å². The van der Waals surface area contributed by atoms with Crippen LogP contribution >= 0.6 is 0 Å². The van der Waals surface area contributed by atoms with Gasteiger partial charge in [-0.3, -0.25) is 44.6 Å². The Morgan fingerprint density at radius 1 is 0.765 bits per heavy atom. The van der Waals surface area contributed by atoms with Gasteiger partial charge in [0.05, 0.1) is 35.4 Å². The molecule has 19 nitrogen and oxygen atoms in total. The van der Waals surface area contributed by atoms with Crippen molar-refractivity contribution >= 4 is 47.7 Å². The Kier molecular flexibility index (Phi) is 12.7. The number of nitrogens with zero attached hydrogens (tertiary/aromatic N) is 8. The monoisotopic (exact) mass is 708 g/mol. The smallest absolute Gasteiger partial charge is 0.455 e. The van der Waals surface area contributed by atoms with Crippen LogP contribution in [0, 0.1) is 20.2 Å². The van der Waals surface area contributed by atoms with E-state index in [9.17, 15) is 39.4 Å². The third-order valence-electron chi connectivity index (χ3n) is 6.91. The summed E-state index contributed by atoms with van der Waals surface area (Å²) in [7, 11) is 1.49. The molecule has 2 fully saturated rings. The van der Waals surface area contributed by atoms with E-state index in [0.717, 1.165) is 14.9 Å². The summed E-state index contributed by atoms with van der Waals surface area (Å²) in [5, 5.41) is 34.3. The average molecular weight is 709 g/mol. The molecule has 2 aliphatic rings. The number of hydrogen-bond donors (Lipinski definition) is 0. The Bertz CT molecular complexity index is 1990. The molecular formula is C31H25N8NaO11. The first kappa shape index (κ1) is 37.8. The van der Waals surface area contributed by atoms with Crippen LogP contribution in [0.2, 0.25) is 0 Å². The minimum atomic E-state index is -0.714. The van der Waals surface area contributed by atoms with E-state index in [-0.39, 0.29) is 73.1 Å². The van der Waals surface area contributed by atoms with E-state index in [4.69, 9.17) is 13.6 Å². The second-order valence-electron chi connectivity index (χ2n) is 10.2. The Morgan fingerprint density at radius 3 is 1.69 bits per heavy atom. The second-order valence-corrected chi connectivity index (χ2v) is 10.2. The van der Waals surface area contributed by atoms with Gasteiger partial charge in [0.2, 0.25) is 0 Å². The molecule has 0 saturated carbocycles. The van der Waals surface area contributed by atoms with Gasteiger partial charge in [0, 0.05) is 49.0 Å². The van der Waals surface area contributed by atoms with Gasteiger partial charge in [0.25, 0.3) is 17.3 Å². The minimum Gasteiger partial charge on any atom is -0.455 e. The maximum Gasteiger partial charge on any atom is 1.00 e. The van der Waals surface area contributed by atoms with Gasteiger partial charge in [-0.15, -0.1) is 0 Å². The van der Waals surface area contributed by atoms with E-state index in [2.05, 4.69) is 15.5 Å². The van der Waals surface area contributed by atoms with Gasteiger partial charge in [-0.1, -0.05) is 0 Å². The Hall–Kier alpha value is -6.02. The molecule has 2 aromatic heterocycles. The van der Waals surface area contributed by atoms with Crippen molar-refractivity contribution < 1.29 is 72.2 Å². The van der Waals surface area contributed by atoms with Crippen LogP contribution in [0.4, 0.5) is 21.0 Å². The first-order valence-corrected chi connectivity index (χ1v) is 14.5. The number of hydrogen-bond acceptors (Lipinski definition) is 13. The number of hydrazone groups is 2. The van der Waals surface area contributed by atoms with Gasteiger partial charge in [-0.05, 0) is 48.5 Å². The molecule has 51 heavy (non-hydrogen) atoms. The molecule has 2 aromatic carbocycles. The van der Waals surface area contributed by atoms with E-state index in [1.54, 1.807) is 48.5 Å². The number of imide groups is 2. The van der Waals surface area contributed by atoms with Gasteiger partial charge in [0.1, 0.15) is 29.6 Å². The van der Waals surface area contributed by atoms with Gasteiger partial charge in [-0.25, -0.2) is 9.80 Å². The molecule has 256 valence electrons. The number of carbonyl (C=O) groups is 4. The Balaban J connectivity index is 0.000000227. The van der Waals surface area contributed by atoms with Crippen LogP contribution in [0.15, 0.2) is 91.8 Å². The summed E-state index contributed by atoms with van der Waals surface area (Å²) in [6.07, 6.45) is 2.63. The second kappa shape index (κ2) is 17.1. The number of methoxy groups -OCH3 is 1. The summed E-state index contributed by atoms with van der Waals surface area (Å²) < 4.78 is 16.0. The summed E-state index contributed by atoms with van der Waals surface area (Å²) in [6, 6.07) is 17.2. The molecule has 0 N–H and O–H groups in total. The van der Waals surface area contributed by atoms with Crippen molar-refractivity contribution in [3.63, 3.8) is 0 Å². The molecule has 0 atom stereocenters. The van der Waals surface area contributed by atoms with Gasteiger partial charge in [0.15, 0.2) is 11.9 Å². The topological polar surface area (TPSA) is 239 Å². The van der Waals surface area contributed by atoms with Crippen LogP contribution in [0.25, 0.3) is 28.0 Å². The Morgan fingerprint density at radius 2 is 1.25 bits per heavy atom. The number of urea groups is 2. The minimum absolute atomic E-state index is 0. The third kappa shape index (κ3) is 9.57. The van der Waals surface area contributed by atoms with E-state index in [1.165, 1.54) is 43.8 Å². The number of nitro benzene ring substituents is 2. The number of carbonyl (C=O) groups excluding carboxylic acids is 4. The summed E-state index contributed by atoms with van der Waals surface area (Å²) in [6.45, 7) is 0.0945. The van der Waals surface area contributed by atoms with E-state index >= 15 is 0 Å². The van der Waals surface area contributed by atoms with E-state index in [1.807, 2.05) is 0 Å². The quantitative estimate of drug-likeness (QED) is 0.0713. The standard InChI is InChI=1S/C17H16N4O6.C14H10N4O5.Na/c1-26-9-8-19-16(22)11-20(17(19)23)18-10-14-6-7-15(27-14)12-2-4-13(5-3-12)21(24)25;19-13-8-17(14(20)16-13)15-7-11-5-6-12(23-11)9-1-3-10(4-2-9)18(21)22;/h2-7,10H,8-9,11H2,1H3;1-7H,8H2,(H,16,19,20);/q;;+1/p-1/b18-10+;15-7+;. The number of amides is 6. The number of furan rings is 2. The van der Waals surface area contributed by atoms with Crippen molar-refractivity contribution in [1.82, 2.24) is 14.9 Å². The van der Waals surface area contributed by atoms with E-state index in [0.29, 0.717) is 34.2 Å². The first-order valence-electron chi connectivity index (χ1n) is 14.5. The number of ether oxygens (including phenoxy) is 1. The van der Waals surface area contributed by atoms with Crippen molar-refractivity contribution in [2.75, 3.05) is 33.4 Å². The van der Waals surface area contributed by atoms with Crippen LogP contribution in [-0.4, -0.2) is 94.4 Å². The summed E-state index contributed by atoms with van der Waals surface area (Å²) in [5.41, 5.74) is 1.31.